The molecule has 0 aliphatic rings. The average Bonchev–Trinajstić information content (AvgIpc) is 2.28. The fraction of sp³-hybridized carbons (Fsp3) is 0.429. The normalized spacial score (nSPS) is 11.9. The number of Topliss-reactive ketones (excluding diaryl/α,β-unsaturated/α-hetero) is 2. The topological polar surface area (TPSA) is 43.4 Å². The molecule has 1 atom stereocenters. The second kappa shape index (κ2) is 6.18. The predicted molar refractivity (Wildman–Crippen MR) is 66.2 cm³/mol. The zero-order valence-corrected chi connectivity index (χ0v) is 10.5. The van der Waals surface area contributed by atoms with Gasteiger partial charge in [0.1, 0.15) is 18.1 Å². The van der Waals surface area contributed by atoms with E-state index in [2.05, 4.69) is 0 Å². The molecule has 0 N–H and O–H groups in total. The Morgan fingerprint density at radius 1 is 1.18 bits per heavy atom. The van der Waals surface area contributed by atoms with Gasteiger partial charge in [-0.2, -0.15) is 0 Å². The highest BCUT2D eigenvalue weighted by atomic mass is 16.5. The van der Waals surface area contributed by atoms with Crippen molar-refractivity contribution in [3.05, 3.63) is 29.8 Å². The van der Waals surface area contributed by atoms with Gasteiger partial charge in [-0.1, -0.05) is 19.1 Å². The van der Waals surface area contributed by atoms with Gasteiger partial charge in [-0.25, -0.2) is 0 Å². The first-order valence-corrected chi connectivity index (χ1v) is 5.70. The van der Waals surface area contributed by atoms with Crippen molar-refractivity contribution in [1.82, 2.24) is 0 Å². The molecule has 0 aromatic heterocycles. The Bertz CT molecular complexity index is 392. The van der Waals surface area contributed by atoms with Gasteiger partial charge >= 0.3 is 0 Å². The minimum atomic E-state index is -0.000668. The molecule has 0 saturated carbocycles. The lowest BCUT2D eigenvalue weighted by Crippen LogP contribution is -2.09. The van der Waals surface area contributed by atoms with Gasteiger partial charge in [-0.15, -0.1) is 0 Å². The molecule has 1 rings (SSSR count). The lowest BCUT2D eigenvalue weighted by atomic mass is 9.98. The molecule has 0 saturated heterocycles. The molecule has 0 amide bonds. The quantitative estimate of drug-likeness (QED) is 0.759. The number of carbonyl (C=O) groups is 2. The fourth-order valence-corrected chi connectivity index (χ4v) is 1.40. The molecular weight excluding hydrogens is 216 g/mol. The molecule has 17 heavy (non-hydrogen) atoms. The second-order valence-electron chi connectivity index (χ2n) is 4.35. The summed E-state index contributed by atoms with van der Waals surface area (Å²) in [5, 5.41) is 0. The van der Waals surface area contributed by atoms with Crippen LogP contribution in [0.15, 0.2) is 24.3 Å². The Hall–Kier alpha value is -1.64. The maximum atomic E-state index is 11.1. The van der Waals surface area contributed by atoms with Crippen LogP contribution in [0, 0.1) is 5.92 Å². The monoisotopic (exact) mass is 234 g/mol. The summed E-state index contributed by atoms with van der Waals surface area (Å²) in [7, 11) is 0. The molecule has 0 heterocycles. The molecular formula is C14H18O3. The lowest BCUT2D eigenvalue weighted by Gasteiger charge is -2.08. The van der Waals surface area contributed by atoms with Gasteiger partial charge in [-0.3, -0.25) is 9.59 Å². The van der Waals surface area contributed by atoms with E-state index in [9.17, 15) is 9.59 Å². The first kappa shape index (κ1) is 13.4. The Morgan fingerprint density at radius 2 is 1.76 bits per heavy atom. The third kappa shape index (κ3) is 4.81. The van der Waals surface area contributed by atoms with Crippen molar-refractivity contribution >= 4 is 11.6 Å². The van der Waals surface area contributed by atoms with E-state index in [1.165, 1.54) is 6.92 Å². The van der Waals surface area contributed by atoms with Gasteiger partial charge in [0.05, 0.1) is 0 Å². The van der Waals surface area contributed by atoms with Gasteiger partial charge in [0.2, 0.25) is 0 Å². The molecule has 3 nitrogen and oxygen atoms in total. The summed E-state index contributed by atoms with van der Waals surface area (Å²) in [5.41, 5.74) is 1.10. The predicted octanol–water partition coefficient (Wildman–Crippen LogP) is 2.42. The molecule has 92 valence electrons. The highest BCUT2D eigenvalue weighted by molar-refractivity contribution is 5.78. The van der Waals surface area contributed by atoms with Crippen molar-refractivity contribution in [3.8, 4) is 5.75 Å². The summed E-state index contributed by atoms with van der Waals surface area (Å²) < 4.78 is 5.26. The summed E-state index contributed by atoms with van der Waals surface area (Å²) in [5.74, 6) is 0.916. The Balaban J connectivity index is 2.55. The molecule has 0 bridgehead atoms. The van der Waals surface area contributed by atoms with Crippen molar-refractivity contribution in [2.75, 3.05) is 6.61 Å². The van der Waals surface area contributed by atoms with Gasteiger partial charge in [0, 0.05) is 5.92 Å². The molecule has 0 fully saturated rings. The third-order valence-electron chi connectivity index (χ3n) is 2.60. The van der Waals surface area contributed by atoms with Crippen molar-refractivity contribution in [2.45, 2.75) is 27.2 Å². The van der Waals surface area contributed by atoms with E-state index in [0.29, 0.717) is 5.75 Å². The molecule has 3 heteroatoms. The average molecular weight is 234 g/mol. The van der Waals surface area contributed by atoms with Gasteiger partial charge < -0.3 is 4.74 Å². The van der Waals surface area contributed by atoms with Crippen molar-refractivity contribution in [2.24, 2.45) is 5.92 Å². The number of ketones is 2. The number of hydrogen-bond acceptors (Lipinski definition) is 3. The summed E-state index contributed by atoms with van der Waals surface area (Å²) in [4.78, 5) is 21.9. The molecule has 0 spiro atoms. The van der Waals surface area contributed by atoms with Crippen LogP contribution in [0.3, 0.4) is 0 Å². The van der Waals surface area contributed by atoms with Crippen LogP contribution in [0.25, 0.3) is 0 Å². The van der Waals surface area contributed by atoms with Crippen LogP contribution in [-0.2, 0) is 16.0 Å². The summed E-state index contributed by atoms with van der Waals surface area (Å²) in [6, 6.07) is 7.50. The van der Waals surface area contributed by atoms with Gasteiger partial charge in [-0.05, 0) is 38.0 Å². The summed E-state index contributed by atoms with van der Waals surface area (Å²) >= 11 is 0. The van der Waals surface area contributed by atoms with Crippen LogP contribution in [0.5, 0.6) is 5.75 Å². The Kier molecular flexibility index (Phi) is 4.88. The van der Waals surface area contributed by atoms with E-state index >= 15 is 0 Å². The number of ether oxygens (including phenoxy) is 1. The standard InChI is InChI=1S/C14H18O3/c1-10(12(3)16)8-13-4-6-14(7-5-13)17-9-11(2)15/h4-7,10H,8-9H2,1-3H3/t10-/m0/s1. The lowest BCUT2D eigenvalue weighted by molar-refractivity contribution is -0.120. The molecule has 0 unspecified atom stereocenters. The Morgan fingerprint density at radius 3 is 2.24 bits per heavy atom. The van der Waals surface area contributed by atoms with E-state index in [4.69, 9.17) is 4.74 Å². The number of hydrogen-bond donors (Lipinski definition) is 0. The summed E-state index contributed by atoms with van der Waals surface area (Å²) in [6.07, 6.45) is 0.738. The first-order chi connectivity index (χ1) is 7.99. The van der Waals surface area contributed by atoms with Crippen LogP contribution in [-0.4, -0.2) is 18.2 Å². The minimum absolute atomic E-state index is 0.000668. The summed E-state index contributed by atoms with van der Waals surface area (Å²) in [6.45, 7) is 5.11. The zero-order valence-electron chi connectivity index (χ0n) is 10.5. The van der Waals surface area contributed by atoms with E-state index in [-0.39, 0.29) is 24.1 Å². The van der Waals surface area contributed by atoms with Crippen molar-refractivity contribution < 1.29 is 14.3 Å². The number of rotatable bonds is 6. The van der Waals surface area contributed by atoms with E-state index in [0.717, 1.165) is 12.0 Å². The SMILES string of the molecule is CC(=O)COc1ccc(C[C@H](C)C(C)=O)cc1. The van der Waals surface area contributed by atoms with Gasteiger partial charge in [0.25, 0.3) is 0 Å². The number of benzene rings is 1. The zero-order chi connectivity index (χ0) is 12.8. The fourth-order valence-electron chi connectivity index (χ4n) is 1.40. The van der Waals surface area contributed by atoms with Gasteiger partial charge in [0.15, 0.2) is 5.78 Å². The molecule has 0 aliphatic carbocycles. The van der Waals surface area contributed by atoms with Crippen molar-refractivity contribution in [3.63, 3.8) is 0 Å². The number of carbonyl (C=O) groups excluding carboxylic acids is 2. The highest BCUT2D eigenvalue weighted by Gasteiger charge is 2.08. The van der Waals surface area contributed by atoms with Crippen LogP contribution < -0.4 is 4.74 Å². The van der Waals surface area contributed by atoms with Crippen LogP contribution in [0.4, 0.5) is 0 Å². The third-order valence-corrected chi connectivity index (χ3v) is 2.60. The van der Waals surface area contributed by atoms with Crippen molar-refractivity contribution in [1.29, 1.82) is 0 Å². The van der Waals surface area contributed by atoms with Crippen LogP contribution in [0.2, 0.25) is 0 Å². The van der Waals surface area contributed by atoms with Crippen LogP contribution in [0.1, 0.15) is 26.3 Å². The van der Waals surface area contributed by atoms with E-state index < -0.39 is 0 Å². The molecule has 1 aromatic carbocycles. The van der Waals surface area contributed by atoms with Crippen LogP contribution >= 0.6 is 0 Å². The maximum absolute atomic E-state index is 11.1. The van der Waals surface area contributed by atoms with E-state index in [1.807, 2.05) is 31.2 Å². The molecule has 0 aliphatic heterocycles. The van der Waals surface area contributed by atoms with E-state index in [1.54, 1.807) is 6.92 Å². The first-order valence-electron chi connectivity index (χ1n) is 5.70. The largest absolute Gasteiger partial charge is 0.486 e. The highest BCUT2D eigenvalue weighted by Crippen LogP contribution is 2.15. The minimum Gasteiger partial charge on any atom is -0.486 e. The molecule has 0 radical (unpaired) electrons. The molecule has 1 aromatic rings. The maximum Gasteiger partial charge on any atom is 0.167 e. The second-order valence-corrected chi connectivity index (χ2v) is 4.35. The Labute approximate surface area is 102 Å². The smallest absolute Gasteiger partial charge is 0.167 e.